The second kappa shape index (κ2) is 8.62. The number of amides is 2. The van der Waals surface area contributed by atoms with Crippen LogP contribution in [0.2, 0.25) is 0 Å². The van der Waals surface area contributed by atoms with Gasteiger partial charge in [0.15, 0.2) is 0 Å². The number of aromatic nitrogens is 1. The summed E-state index contributed by atoms with van der Waals surface area (Å²) in [5.74, 6) is 0.843. The van der Waals surface area contributed by atoms with Crippen LogP contribution < -0.4 is 4.74 Å². The van der Waals surface area contributed by atoms with Crippen molar-refractivity contribution in [3.8, 4) is 5.75 Å². The van der Waals surface area contributed by atoms with Gasteiger partial charge in [-0.3, -0.25) is 9.59 Å². The van der Waals surface area contributed by atoms with Gasteiger partial charge in [0.25, 0.3) is 5.91 Å². The quantitative estimate of drug-likeness (QED) is 0.477. The highest BCUT2D eigenvalue weighted by molar-refractivity contribution is 6.10. The Hall–Kier alpha value is -3.80. The predicted molar refractivity (Wildman–Crippen MR) is 129 cm³/mol. The lowest BCUT2D eigenvalue weighted by Crippen LogP contribution is -2.35. The molecule has 1 saturated heterocycles. The molecule has 6 heteroatoms. The van der Waals surface area contributed by atoms with Crippen molar-refractivity contribution in [2.75, 3.05) is 26.7 Å². The molecule has 2 heterocycles. The largest absolute Gasteiger partial charge is 0.497 e. The lowest BCUT2D eigenvalue weighted by molar-refractivity contribution is -0.130. The molecule has 0 saturated carbocycles. The summed E-state index contributed by atoms with van der Waals surface area (Å²) >= 11 is 0. The number of rotatable bonds is 4. The van der Waals surface area contributed by atoms with Crippen molar-refractivity contribution in [1.29, 1.82) is 0 Å². The normalized spacial score (nSPS) is 14.7. The molecule has 33 heavy (non-hydrogen) atoms. The molecular weight excluding hydrogens is 414 g/mol. The molecule has 1 aliphatic heterocycles. The Morgan fingerprint density at radius 1 is 0.909 bits per heavy atom. The molecule has 1 aliphatic rings. The van der Waals surface area contributed by atoms with E-state index < -0.39 is 0 Å². The monoisotopic (exact) mass is 441 g/mol. The number of ether oxygens (including phenoxy) is 1. The molecule has 4 aromatic rings. The van der Waals surface area contributed by atoms with Crippen LogP contribution in [0, 0.1) is 0 Å². The second-order valence-electron chi connectivity index (χ2n) is 8.51. The predicted octanol–water partition coefficient (Wildman–Crippen LogP) is 4.21. The zero-order valence-corrected chi connectivity index (χ0v) is 19.0. The molecule has 0 radical (unpaired) electrons. The minimum Gasteiger partial charge on any atom is -0.497 e. The summed E-state index contributed by atoms with van der Waals surface area (Å²) in [7, 11) is 3.68. The summed E-state index contributed by atoms with van der Waals surface area (Å²) in [5.41, 5.74) is 3.95. The van der Waals surface area contributed by atoms with Crippen molar-refractivity contribution in [3.63, 3.8) is 0 Å². The number of hydrogen-bond donors (Lipinski definition) is 0. The lowest BCUT2D eigenvalue weighted by atomic mass is 10.1. The third-order valence-electron chi connectivity index (χ3n) is 6.57. The molecule has 168 valence electrons. The molecule has 6 nitrogen and oxygen atoms in total. The third-order valence-corrected chi connectivity index (χ3v) is 6.57. The Bertz CT molecular complexity index is 1340. The maximum Gasteiger partial charge on any atom is 0.253 e. The van der Waals surface area contributed by atoms with E-state index in [0.29, 0.717) is 38.2 Å². The molecule has 3 aromatic carbocycles. The number of hydrogen-bond acceptors (Lipinski definition) is 3. The van der Waals surface area contributed by atoms with Crippen LogP contribution in [0.3, 0.4) is 0 Å². The Morgan fingerprint density at radius 3 is 2.45 bits per heavy atom. The van der Waals surface area contributed by atoms with E-state index in [2.05, 4.69) is 16.7 Å². The molecule has 1 fully saturated rings. The number of aryl methyl sites for hydroxylation is 1. The topological polar surface area (TPSA) is 54.8 Å². The number of carbonyl (C=O) groups is 2. The molecule has 0 aliphatic carbocycles. The van der Waals surface area contributed by atoms with Gasteiger partial charge in [-0.05, 0) is 42.0 Å². The van der Waals surface area contributed by atoms with Crippen LogP contribution in [0.5, 0.6) is 5.75 Å². The van der Waals surface area contributed by atoms with Gasteiger partial charge in [0.2, 0.25) is 5.91 Å². The molecule has 0 spiro atoms. The average molecular weight is 442 g/mol. The van der Waals surface area contributed by atoms with E-state index in [4.69, 9.17) is 4.74 Å². The van der Waals surface area contributed by atoms with E-state index in [9.17, 15) is 9.59 Å². The van der Waals surface area contributed by atoms with Gasteiger partial charge in [-0.25, -0.2) is 0 Å². The lowest BCUT2D eigenvalue weighted by Gasteiger charge is -2.22. The number of nitrogens with zero attached hydrogens (tertiary/aromatic N) is 3. The molecular formula is C27H27N3O3. The second-order valence-corrected chi connectivity index (χ2v) is 8.51. The van der Waals surface area contributed by atoms with Crippen LogP contribution in [0.4, 0.5) is 0 Å². The highest BCUT2D eigenvalue weighted by Crippen LogP contribution is 2.29. The molecule has 0 unspecified atom stereocenters. The summed E-state index contributed by atoms with van der Waals surface area (Å²) in [5, 5.41) is 2.22. The number of methoxy groups -OCH3 is 1. The van der Waals surface area contributed by atoms with Gasteiger partial charge in [0.1, 0.15) is 5.75 Å². The fraction of sp³-hybridized carbons (Fsp3) is 0.259. The highest BCUT2D eigenvalue weighted by atomic mass is 16.5. The maximum absolute atomic E-state index is 13.4. The zero-order chi connectivity index (χ0) is 22.9. The Morgan fingerprint density at radius 2 is 1.67 bits per heavy atom. The van der Waals surface area contributed by atoms with Crippen molar-refractivity contribution < 1.29 is 14.3 Å². The van der Waals surface area contributed by atoms with Crippen LogP contribution >= 0.6 is 0 Å². The number of fused-ring (bicyclic) bond motifs is 3. The minimum absolute atomic E-state index is 0.0241. The van der Waals surface area contributed by atoms with Crippen LogP contribution in [0.1, 0.15) is 22.3 Å². The van der Waals surface area contributed by atoms with Crippen molar-refractivity contribution in [2.45, 2.75) is 13.0 Å². The first-order valence-electron chi connectivity index (χ1n) is 11.2. The molecule has 0 atom stereocenters. The number of benzene rings is 3. The van der Waals surface area contributed by atoms with Gasteiger partial charge >= 0.3 is 0 Å². The van der Waals surface area contributed by atoms with Crippen molar-refractivity contribution in [1.82, 2.24) is 14.4 Å². The van der Waals surface area contributed by atoms with Gasteiger partial charge in [-0.1, -0.05) is 30.3 Å². The minimum atomic E-state index is -0.0241. The molecule has 0 bridgehead atoms. The summed E-state index contributed by atoms with van der Waals surface area (Å²) in [6, 6.07) is 21.9. The Balaban J connectivity index is 1.34. The van der Waals surface area contributed by atoms with Gasteiger partial charge in [0.05, 0.1) is 7.11 Å². The summed E-state index contributed by atoms with van der Waals surface area (Å²) < 4.78 is 7.36. The van der Waals surface area contributed by atoms with Crippen molar-refractivity contribution in [2.24, 2.45) is 7.05 Å². The van der Waals surface area contributed by atoms with E-state index >= 15 is 0 Å². The SMILES string of the molecule is COc1ccc(CN2CCN(C(=O)c3ccc4c(c3)c3ccccc3n4C)CCC2=O)cc1. The fourth-order valence-electron chi connectivity index (χ4n) is 4.67. The van der Waals surface area contributed by atoms with E-state index in [1.54, 1.807) is 12.0 Å². The first-order valence-corrected chi connectivity index (χ1v) is 11.2. The average Bonchev–Trinajstić information content (AvgIpc) is 3.01. The van der Waals surface area contributed by atoms with Crippen LogP contribution in [-0.2, 0) is 18.4 Å². The van der Waals surface area contributed by atoms with Gasteiger partial charge in [-0.15, -0.1) is 0 Å². The number of para-hydroxylation sites is 1. The van der Waals surface area contributed by atoms with E-state index in [1.165, 1.54) is 0 Å². The smallest absolute Gasteiger partial charge is 0.253 e. The van der Waals surface area contributed by atoms with Crippen LogP contribution in [0.25, 0.3) is 21.8 Å². The van der Waals surface area contributed by atoms with Crippen molar-refractivity contribution in [3.05, 3.63) is 77.9 Å². The maximum atomic E-state index is 13.4. The van der Waals surface area contributed by atoms with Crippen molar-refractivity contribution >= 4 is 33.6 Å². The van der Waals surface area contributed by atoms with Gasteiger partial charge in [-0.2, -0.15) is 0 Å². The van der Waals surface area contributed by atoms with Crippen LogP contribution in [0.15, 0.2) is 66.7 Å². The highest BCUT2D eigenvalue weighted by Gasteiger charge is 2.25. The Labute approximate surface area is 193 Å². The van der Waals surface area contributed by atoms with Gasteiger partial charge < -0.3 is 19.1 Å². The molecule has 2 amide bonds. The number of carbonyl (C=O) groups excluding carboxylic acids is 2. The van der Waals surface area contributed by atoms with E-state index in [0.717, 1.165) is 33.1 Å². The molecule has 0 N–H and O–H groups in total. The van der Waals surface area contributed by atoms with E-state index in [-0.39, 0.29) is 11.8 Å². The third kappa shape index (κ3) is 3.93. The Kier molecular flexibility index (Phi) is 5.50. The zero-order valence-electron chi connectivity index (χ0n) is 19.0. The summed E-state index contributed by atoms with van der Waals surface area (Å²) in [4.78, 5) is 29.7. The molecule has 5 rings (SSSR count). The van der Waals surface area contributed by atoms with E-state index in [1.807, 2.05) is 66.5 Å². The standard InChI is InChI=1S/C27H27N3O3/c1-28-24-6-4-3-5-22(24)23-17-20(9-12-25(23)28)27(32)29-14-13-26(31)30(16-15-29)18-19-7-10-21(33-2)11-8-19/h3-12,17H,13-16,18H2,1-2H3. The fourth-order valence-corrected chi connectivity index (χ4v) is 4.67. The first-order chi connectivity index (χ1) is 16.0. The first kappa shape index (κ1) is 21.1. The van der Waals surface area contributed by atoms with Crippen LogP contribution in [-0.4, -0.2) is 52.9 Å². The van der Waals surface area contributed by atoms with Gasteiger partial charge in [0, 0.05) is 67.0 Å². The summed E-state index contributed by atoms with van der Waals surface area (Å²) in [6.07, 6.45) is 0.332. The summed E-state index contributed by atoms with van der Waals surface area (Å²) in [6.45, 7) is 2.01. The molecule has 1 aromatic heterocycles.